The van der Waals surface area contributed by atoms with Gasteiger partial charge >= 0.3 is 11.7 Å². The third-order valence-electron chi connectivity index (χ3n) is 4.83. The second-order valence-electron chi connectivity index (χ2n) is 6.55. The number of rotatable bonds is 8. The molecule has 0 aliphatic carbocycles. The van der Waals surface area contributed by atoms with Gasteiger partial charge in [0.05, 0.1) is 46.0 Å². The predicted molar refractivity (Wildman–Crippen MR) is 116 cm³/mol. The van der Waals surface area contributed by atoms with E-state index in [4.69, 9.17) is 23.7 Å². The van der Waals surface area contributed by atoms with E-state index < -0.39 is 10.9 Å². The highest BCUT2D eigenvalue weighted by atomic mass is 16.6. The highest BCUT2D eigenvalue weighted by molar-refractivity contribution is 6.02. The van der Waals surface area contributed by atoms with Gasteiger partial charge in [0.25, 0.3) is 0 Å². The number of benzene rings is 2. The van der Waals surface area contributed by atoms with Gasteiger partial charge in [-0.2, -0.15) is 0 Å². The summed E-state index contributed by atoms with van der Waals surface area (Å²) in [5.41, 5.74) is 0.437. The third-order valence-corrected chi connectivity index (χ3v) is 4.83. The molecule has 0 atom stereocenters. The van der Waals surface area contributed by atoms with E-state index in [1.807, 2.05) is 0 Å². The molecule has 168 valence electrons. The van der Waals surface area contributed by atoms with E-state index >= 15 is 0 Å². The van der Waals surface area contributed by atoms with E-state index in [9.17, 15) is 14.9 Å². The molecular weight excluding hydrogens is 420 g/mol. The fourth-order valence-electron chi connectivity index (χ4n) is 3.32. The molecule has 0 spiro atoms. The number of ether oxygens (including phenoxy) is 5. The molecule has 1 heterocycles. The summed E-state index contributed by atoms with van der Waals surface area (Å²) in [5.74, 6) is 0.872. The topological polar surface area (TPSA) is 122 Å². The number of carbonyl (C=O) groups is 1. The van der Waals surface area contributed by atoms with Crippen LogP contribution in [0.1, 0.15) is 10.5 Å². The fourth-order valence-corrected chi connectivity index (χ4v) is 3.32. The zero-order valence-electron chi connectivity index (χ0n) is 18.2. The van der Waals surface area contributed by atoms with Crippen LogP contribution < -0.4 is 18.9 Å². The van der Waals surface area contributed by atoms with E-state index in [1.54, 1.807) is 36.4 Å². The molecule has 3 rings (SSSR count). The number of aromatic amines is 1. The van der Waals surface area contributed by atoms with Crippen molar-refractivity contribution in [2.75, 3.05) is 35.5 Å². The Hall–Kier alpha value is -4.21. The van der Waals surface area contributed by atoms with Gasteiger partial charge < -0.3 is 28.7 Å². The van der Waals surface area contributed by atoms with Crippen molar-refractivity contribution < 1.29 is 33.4 Å². The molecule has 2 aromatic carbocycles. The van der Waals surface area contributed by atoms with Crippen LogP contribution in [0.25, 0.3) is 22.4 Å². The molecule has 0 fully saturated rings. The second kappa shape index (κ2) is 9.29. The number of hydrogen-bond acceptors (Lipinski definition) is 8. The van der Waals surface area contributed by atoms with Crippen molar-refractivity contribution in [3.05, 3.63) is 52.2 Å². The van der Waals surface area contributed by atoms with Crippen molar-refractivity contribution in [3.8, 4) is 45.4 Å². The molecule has 10 nitrogen and oxygen atoms in total. The van der Waals surface area contributed by atoms with Gasteiger partial charge in [0.1, 0.15) is 34.4 Å². The number of aromatic nitrogens is 1. The Morgan fingerprint density at radius 1 is 0.781 bits per heavy atom. The number of hydrogen-bond donors (Lipinski definition) is 1. The first kappa shape index (κ1) is 22.5. The van der Waals surface area contributed by atoms with Crippen LogP contribution in [-0.4, -0.2) is 51.4 Å². The van der Waals surface area contributed by atoms with Crippen molar-refractivity contribution >= 4 is 11.7 Å². The van der Waals surface area contributed by atoms with Crippen molar-refractivity contribution in [1.82, 2.24) is 4.98 Å². The number of H-pyrrole nitrogens is 1. The second-order valence-corrected chi connectivity index (χ2v) is 6.55. The Morgan fingerprint density at radius 2 is 1.22 bits per heavy atom. The van der Waals surface area contributed by atoms with Crippen LogP contribution in [0.2, 0.25) is 0 Å². The first-order chi connectivity index (χ1) is 15.4. The van der Waals surface area contributed by atoms with Gasteiger partial charge in [0.2, 0.25) is 0 Å². The van der Waals surface area contributed by atoms with Crippen molar-refractivity contribution in [1.29, 1.82) is 0 Å². The maximum absolute atomic E-state index is 12.6. The summed E-state index contributed by atoms with van der Waals surface area (Å²) in [5, 5.41) is 12.2. The van der Waals surface area contributed by atoms with E-state index in [1.165, 1.54) is 35.5 Å². The first-order valence-electron chi connectivity index (χ1n) is 9.32. The number of nitro groups is 1. The van der Waals surface area contributed by atoms with Crippen LogP contribution in [0.3, 0.4) is 0 Å². The highest BCUT2D eigenvalue weighted by Crippen LogP contribution is 2.44. The molecule has 0 radical (unpaired) electrons. The average molecular weight is 442 g/mol. The quantitative estimate of drug-likeness (QED) is 0.315. The summed E-state index contributed by atoms with van der Waals surface area (Å²) in [6.45, 7) is 0. The normalized spacial score (nSPS) is 10.4. The molecule has 0 amide bonds. The van der Waals surface area contributed by atoms with Crippen LogP contribution in [0.4, 0.5) is 5.69 Å². The van der Waals surface area contributed by atoms with E-state index in [0.717, 1.165) is 0 Å². The molecular formula is C22H22N2O8. The number of esters is 1. The molecule has 3 aromatic rings. The van der Waals surface area contributed by atoms with Gasteiger partial charge in [-0.25, -0.2) is 4.79 Å². The van der Waals surface area contributed by atoms with Crippen LogP contribution in [0, 0.1) is 10.1 Å². The minimum absolute atomic E-state index is 0.0378. The summed E-state index contributed by atoms with van der Waals surface area (Å²) < 4.78 is 26.0. The summed E-state index contributed by atoms with van der Waals surface area (Å²) in [6, 6.07) is 9.58. The molecule has 0 saturated carbocycles. The molecule has 0 aliphatic rings. The summed E-state index contributed by atoms with van der Waals surface area (Å²) >= 11 is 0. The molecule has 0 unspecified atom stereocenters. The fraction of sp³-hybridized carbons (Fsp3) is 0.227. The predicted octanol–water partition coefficient (Wildman–Crippen LogP) is 4.08. The van der Waals surface area contributed by atoms with Gasteiger partial charge in [-0.1, -0.05) is 0 Å². The van der Waals surface area contributed by atoms with E-state index in [2.05, 4.69) is 4.98 Å². The largest absolute Gasteiger partial charge is 0.497 e. The molecule has 32 heavy (non-hydrogen) atoms. The zero-order valence-corrected chi connectivity index (χ0v) is 18.2. The van der Waals surface area contributed by atoms with E-state index in [-0.39, 0.29) is 22.6 Å². The number of methoxy groups -OCH3 is 5. The minimum atomic E-state index is -0.772. The highest BCUT2D eigenvalue weighted by Gasteiger charge is 2.33. The van der Waals surface area contributed by atoms with Gasteiger partial charge in [-0.05, 0) is 29.8 Å². The Balaban J connectivity index is 2.40. The lowest BCUT2D eigenvalue weighted by Crippen LogP contribution is -2.04. The Morgan fingerprint density at radius 3 is 1.59 bits per heavy atom. The molecule has 0 bridgehead atoms. The van der Waals surface area contributed by atoms with Crippen LogP contribution in [-0.2, 0) is 4.74 Å². The lowest BCUT2D eigenvalue weighted by Gasteiger charge is -2.09. The smallest absolute Gasteiger partial charge is 0.355 e. The van der Waals surface area contributed by atoms with Crippen LogP contribution in [0.15, 0.2) is 36.4 Å². The Kier molecular flexibility index (Phi) is 6.53. The van der Waals surface area contributed by atoms with Gasteiger partial charge in [-0.15, -0.1) is 0 Å². The van der Waals surface area contributed by atoms with Gasteiger partial charge in [0, 0.05) is 17.7 Å². The summed E-state index contributed by atoms with van der Waals surface area (Å²) in [7, 11) is 7.04. The summed E-state index contributed by atoms with van der Waals surface area (Å²) in [6.07, 6.45) is 0. The zero-order chi connectivity index (χ0) is 23.4. The lowest BCUT2D eigenvalue weighted by molar-refractivity contribution is -0.383. The number of carbonyl (C=O) groups excluding carboxylic acids is 1. The van der Waals surface area contributed by atoms with Crippen LogP contribution in [0.5, 0.6) is 23.0 Å². The average Bonchev–Trinajstić information content (AvgIpc) is 3.23. The van der Waals surface area contributed by atoms with Gasteiger partial charge in [-0.3, -0.25) is 10.1 Å². The maximum Gasteiger partial charge on any atom is 0.355 e. The molecule has 10 heteroatoms. The maximum atomic E-state index is 12.6. The lowest BCUT2D eigenvalue weighted by atomic mass is 10.0. The molecule has 0 aliphatic heterocycles. The Bertz CT molecular complexity index is 1120. The minimum Gasteiger partial charge on any atom is -0.497 e. The standard InChI is InChI=1S/C22H22N2O8/c1-28-14-6-12(7-15(10-14)29-2)18-20(22(25)32-5)23-19(21(18)24(26)27)13-8-16(30-3)11-17(9-13)31-4/h6-11,23H,1-5H3. The first-order valence-corrected chi connectivity index (χ1v) is 9.32. The Labute approximate surface area is 183 Å². The monoisotopic (exact) mass is 442 g/mol. The molecule has 1 aromatic heterocycles. The van der Waals surface area contributed by atoms with Crippen molar-refractivity contribution in [2.45, 2.75) is 0 Å². The van der Waals surface area contributed by atoms with Gasteiger partial charge in [0.15, 0.2) is 0 Å². The number of nitrogens with one attached hydrogen (secondary N) is 1. The van der Waals surface area contributed by atoms with Crippen molar-refractivity contribution in [2.24, 2.45) is 0 Å². The molecule has 1 N–H and O–H groups in total. The van der Waals surface area contributed by atoms with Crippen molar-refractivity contribution in [3.63, 3.8) is 0 Å². The SMILES string of the molecule is COC(=O)c1[nH]c(-c2cc(OC)cc(OC)c2)c([N+](=O)[O-])c1-c1cc(OC)cc(OC)c1. The summed E-state index contributed by atoms with van der Waals surface area (Å²) in [4.78, 5) is 27.1. The van der Waals surface area contributed by atoms with Crippen LogP contribution >= 0.6 is 0 Å². The number of nitrogens with zero attached hydrogens (tertiary/aromatic N) is 1. The molecule has 0 saturated heterocycles. The van der Waals surface area contributed by atoms with E-state index in [0.29, 0.717) is 34.1 Å². The third kappa shape index (κ3) is 4.15.